The first-order valence-corrected chi connectivity index (χ1v) is 5.67. The van der Waals surface area contributed by atoms with E-state index >= 15 is 0 Å². The van der Waals surface area contributed by atoms with Crippen molar-refractivity contribution in [3.05, 3.63) is 32.7 Å². The largest absolute Gasteiger partial charge is 0.469 e. The maximum Gasteiger partial charge on any atom is 0.312 e. The van der Waals surface area contributed by atoms with Gasteiger partial charge in [-0.05, 0) is 56.5 Å². The van der Waals surface area contributed by atoms with Gasteiger partial charge in [0.2, 0.25) is 0 Å². The summed E-state index contributed by atoms with van der Waals surface area (Å²) in [7, 11) is 1.40. The molecule has 2 nitrogen and oxygen atoms in total. The molecule has 0 radical (unpaired) electrons. The third-order valence-corrected chi connectivity index (χ3v) is 3.88. The van der Waals surface area contributed by atoms with E-state index in [9.17, 15) is 4.79 Å². The van der Waals surface area contributed by atoms with Crippen LogP contribution in [-0.4, -0.2) is 13.1 Å². The minimum atomic E-state index is -0.232. The zero-order valence-corrected chi connectivity index (χ0v) is 11.1. The van der Waals surface area contributed by atoms with Gasteiger partial charge in [0.25, 0.3) is 0 Å². The van der Waals surface area contributed by atoms with E-state index in [2.05, 4.69) is 36.6 Å². The Bertz CT molecular complexity index is 350. The van der Waals surface area contributed by atoms with Crippen LogP contribution in [0.1, 0.15) is 18.4 Å². The van der Waals surface area contributed by atoms with Crippen molar-refractivity contribution in [3.8, 4) is 0 Å². The van der Waals surface area contributed by atoms with E-state index in [0.717, 1.165) is 14.5 Å². The van der Waals surface area contributed by atoms with Gasteiger partial charge in [0.1, 0.15) is 0 Å². The quantitative estimate of drug-likeness (QED) is 0.779. The summed E-state index contributed by atoms with van der Waals surface area (Å²) >= 11 is 6.76. The van der Waals surface area contributed by atoms with Gasteiger partial charge >= 0.3 is 5.97 Å². The Kier molecular flexibility index (Phi) is 4.13. The molecule has 0 N–H and O–H groups in total. The first-order valence-electron chi connectivity index (χ1n) is 4.09. The molecule has 1 aromatic carbocycles. The van der Waals surface area contributed by atoms with Gasteiger partial charge in [0, 0.05) is 8.95 Å². The zero-order chi connectivity index (χ0) is 10.7. The topological polar surface area (TPSA) is 26.3 Å². The maximum absolute atomic E-state index is 11.3. The van der Waals surface area contributed by atoms with Gasteiger partial charge in [-0.25, -0.2) is 0 Å². The van der Waals surface area contributed by atoms with E-state index in [1.165, 1.54) is 7.11 Å². The average molecular weight is 322 g/mol. The number of methoxy groups -OCH3 is 1. The molecule has 0 fully saturated rings. The minimum absolute atomic E-state index is 0.223. The predicted molar refractivity (Wildman–Crippen MR) is 62.3 cm³/mol. The number of carbonyl (C=O) groups is 1. The highest BCUT2D eigenvalue weighted by Gasteiger charge is 2.15. The fourth-order valence-corrected chi connectivity index (χ4v) is 1.74. The van der Waals surface area contributed by atoms with Gasteiger partial charge in [-0.2, -0.15) is 0 Å². The Labute approximate surface area is 99.9 Å². The Morgan fingerprint density at radius 1 is 1.36 bits per heavy atom. The predicted octanol–water partition coefficient (Wildman–Crippen LogP) is 3.49. The molecule has 0 aliphatic rings. The fourth-order valence-electron chi connectivity index (χ4n) is 1.09. The molecular formula is C10H10Br2O2. The maximum atomic E-state index is 11.3. The second-order valence-electron chi connectivity index (χ2n) is 2.92. The first kappa shape index (κ1) is 11.7. The normalized spacial score (nSPS) is 12.3. The van der Waals surface area contributed by atoms with E-state index in [1.54, 1.807) is 0 Å². The summed E-state index contributed by atoms with van der Waals surface area (Å²) in [5.74, 6) is -0.455. The number of esters is 1. The van der Waals surface area contributed by atoms with Crippen molar-refractivity contribution in [2.75, 3.05) is 7.11 Å². The molecule has 0 saturated heterocycles. The molecule has 0 saturated carbocycles. The summed E-state index contributed by atoms with van der Waals surface area (Å²) in [6.45, 7) is 1.82. The molecule has 0 bridgehead atoms. The standard InChI is InChI=1S/C10H10Br2O2/c1-6(10(13)14-2)7-3-4-8(11)9(12)5-7/h3-6H,1-2H3. The van der Waals surface area contributed by atoms with Crippen molar-refractivity contribution in [2.24, 2.45) is 0 Å². The summed E-state index contributed by atoms with van der Waals surface area (Å²) in [5.41, 5.74) is 0.937. The number of carbonyl (C=O) groups excluding carboxylic acids is 1. The second kappa shape index (κ2) is 4.94. The molecule has 0 aliphatic heterocycles. The molecule has 1 atom stereocenters. The second-order valence-corrected chi connectivity index (χ2v) is 4.63. The van der Waals surface area contributed by atoms with Crippen LogP contribution in [0.5, 0.6) is 0 Å². The number of benzene rings is 1. The lowest BCUT2D eigenvalue weighted by atomic mass is 10.0. The SMILES string of the molecule is COC(=O)C(C)c1ccc(Br)c(Br)c1. The molecule has 1 rings (SSSR count). The van der Waals surface area contributed by atoms with Crippen molar-refractivity contribution in [2.45, 2.75) is 12.8 Å². The molecule has 76 valence electrons. The van der Waals surface area contributed by atoms with E-state index in [-0.39, 0.29) is 11.9 Å². The van der Waals surface area contributed by atoms with Crippen LogP contribution in [0.15, 0.2) is 27.1 Å². The fraction of sp³-hybridized carbons (Fsp3) is 0.300. The highest BCUT2D eigenvalue weighted by molar-refractivity contribution is 9.13. The van der Waals surface area contributed by atoms with Crippen molar-refractivity contribution >= 4 is 37.8 Å². The lowest BCUT2D eigenvalue weighted by Gasteiger charge is -2.10. The van der Waals surface area contributed by atoms with Crippen molar-refractivity contribution in [1.82, 2.24) is 0 Å². The average Bonchev–Trinajstić information content (AvgIpc) is 2.20. The van der Waals surface area contributed by atoms with Gasteiger partial charge in [-0.1, -0.05) is 6.07 Å². The molecule has 4 heteroatoms. The molecule has 1 unspecified atom stereocenters. The Morgan fingerprint density at radius 2 is 2.00 bits per heavy atom. The smallest absolute Gasteiger partial charge is 0.312 e. The molecule has 0 spiro atoms. The van der Waals surface area contributed by atoms with Crippen LogP contribution >= 0.6 is 31.9 Å². The van der Waals surface area contributed by atoms with Gasteiger partial charge in [0.15, 0.2) is 0 Å². The Hall–Kier alpha value is -0.350. The number of ether oxygens (including phenoxy) is 1. The van der Waals surface area contributed by atoms with Crippen LogP contribution in [-0.2, 0) is 9.53 Å². The van der Waals surface area contributed by atoms with Crippen molar-refractivity contribution < 1.29 is 9.53 Å². The third kappa shape index (κ3) is 2.58. The number of rotatable bonds is 2. The summed E-state index contributed by atoms with van der Waals surface area (Å²) in [6, 6.07) is 5.71. The van der Waals surface area contributed by atoms with Crippen LogP contribution in [0.2, 0.25) is 0 Å². The summed E-state index contributed by atoms with van der Waals surface area (Å²) < 4.78 is 6.58. The molecule has 0 aliphatic carbocycles. The van der Waals surface area contributed by atoms with Gasteiger partial charge in [0.05, 0.1) is 13.0 Å². The molecule has 1 aromatic rings. The lowest BCUT2D eigenvalue weighted by molar-refractivity contribution is -0.141. The molecule has 0 aromatic heterocycles. The van der Waals surface area contributed by atoms with Gasteiger partial charge in [-0.15, -0.1) is 0 Å². The summed E-state index contributed by atoms with van der Waals surface area (Å²) in [6.07, 6.45) is 0. The number of hydrogen-bond acceptors (Lipinski definition) is 2. The highest BCUT2D eigenvalue weighted by atomic mass is 79.9. The van der Waals surface area contributed by atoms with Crippen molar-refractivity contribution in [3.63, 3.8) is 0 Å². The zero-order valence-electron chi connectivity index (χ0n) is 7.88. The third-order valence-electron chi connectivity index (χ3n) is 2.00. The van der Waals surface area contributed by atoms with Crippen LogP contribution < -0.4 is 0 Å². The van der Waals surface area contributed by atoms with Crippen molar-refractivity contribution in [1.29, 1.82) is 0 Å². The van der Waals surface area contributed by atoms with Gasteiger partial charge < -0.3 is 4.74 Å². The molecule has 0 amide bonds. The lowest BCUT2D eigenvalue weighted by Crippen LogP contribution is -2.10. The Morgan fingerprint density at radius 3 is 2.50 bits per heavy atom. The van der Waals surface area contributed by atoms with Crippen LogP contribution in [0, 0.1) is 0 Å². The minimum Gasteiger partial charge on any atom is -0.469 e. The highest BCUT2D eigenvalue weighted by Crippen LogP contribution is 2.27. The van der Waals surface area contributed by atoms with E-state index in [4.69, 9.17) is 0 Å². The van der Waals surface area contributed by atoms with E-state index in [0.29, 0.717) is 0 Å². The van der Waals surface area contributed by atoms with Crippen LogP contribution in [0.25, 0.3) is 0 Å². The molecule has 0 heterocycles. The first-order chi connectivity index (χ1) is 6.56. The molecule has 14 heavy (non-hydrogen) atoms. The monoisotopic (exact) mass is 320 g/mol. The molecular weight excluding hydrogens is 312 g/mol. The Balaban J connectivity index is 2.96. The van der Waals surface area contributed by atoms with Crippen LogP contribution in [0.4, 0.5) is 0 Å². The number of hydrogen-bond donors (Lipinski definition) is 0. The summed E-state index contributed by atoms with van der Waals surface area (Å²) in [4.78, 5) is 11.3. The van der Waals surface area contributed by atoms with Crippen LogP contribution in [0.3, 0.4) is 0 Å². The van der Waals surface area contributed by atoms with Gasteiger partial charge in [-0.3, -0.25) is 4.79 Å². The number of halogens is 2. The van der Waals surface area contributed by atoms with E-state index in [1.807, 2.05) is 25.1 Å². The van der Waals surface area contributed by atoms with E-state index < -0.39 is 0 Å². The summed E-state index contributed by atoms with van der Waals surface area (Å²) in [5, 5.41) is 0.